The van der Waals surface area contributed by atoms with Crippen molar-refractivity contribution in [2.75, 3.05) is 19.5 Å². The number of aromatic nitrogens is 1. The summed E-state index contributed by atoms with van der Waals surface area (Å²) in [7, 11) is 2.58. The van der Waals surface area contributed by atoms with Crippen LogP contribution >= 0.6 is 23.8 Å². The quantitative estimate of drug-likeness (QED) is 0.396. The molecule has 0 radical (unpaired) electrons. The van der Waals surface area contributed by atoms with E-state index in [0.717, 1.165) is 0 Å². The monoisotopic (exact) mass is 476 g/mol. The van der Waals surface area contributed by atoms with E-state index in [-0.39, 0.29) is 49.8 Å². The van der Waals surface area contributed by atoms with Crippen molar-refractivity contribution in [3.8, 4) is 28.5 Å². The molecule has 2 aromatic heterocycles. The van der Waals surface area contributed by atoms with Crippen LogP contribution in [0.3, 0.4) is 0 Å². The molecule has 0 saturated carbocycles. The third-order valence-electron chi connectivity index (χ3n) is 4.24. The largest absolute Gasteiger partial charge is 0.502 e. The first-order valence-corrected chi connectivity index (χ1v) is 9.66. The van der Waals surface area contributed by atoms with Crippen molar-refractivity contribution in [1.82, 2.24) is 10.3 Å². The van der Waals surface area contributed by atoms with Gasteiger partial charge in [-0.2, -0.15) is 0 Å². The van der Waals surface area contributed by atoms with E-state index in [1.54, 1.807) is 18.2 Å². The number of phenolic OH excluding ortho intramolecular Hbond substituents is 1. The predicted molar refractivity (Wildman–Crippen MR) is 121 cm³/mol. The molecule has 3 amide bonds. The molecule has 0 atom stereocenters. The zero-order valence-electron chi connectivity index (χ0n) is 16.8. The molecule has 0 fully saturated rings. The summed E-state index contributed by atoms with van der Waals surface area (Å²) < 4.78 is 15.7. The molecule has 0 saturated heterocycles. The summed E-state index contributed by atoms with van der Waals surface area (Å²) in [4.78, 5) is 28.1. The number of nitrogens with two attached hydrogens (primary N) is 1. The molecule has 0 aliphatic rings. The topological polar surface area (TPSA) is 149 Å². The Hall–Kier alpha value is -3.83. The predicted octanol–water partition coefficient (Wildman–Crippen LogP) is 3.31. The number of carbonyl (C=O) groups is 2. The summed E-state index contributed by atoms with van der Waals surface area (Å²) in [5.74, 6) is -1.18. The number of hydrogen-bond donors (Lipinski definition) is 4. The van der Waals surface area contributed by atoms with Crippen LogP contribution in [0.4, 0.5) is 10.5 Å². The van der Waals surface area contributed by atoms with Crippen molar-refractivity contribution >= 4 is 46.4 Å². The average molecular weight is 477 g/mol. The van der Waals surface area contributed by atoms with E-state index in [0.29, 0.717) is 0 Å². The van der Waals surface area contributed by atoms with E-state index < -0.39 is 17.7 Å². The van der Waals surface area contributed by atoms with E-state index in [1.807, 2.05) is 0 Å². The Morgan fingerprint density at radius 1 is 1.22 bits per heavy atom. The lowest BCUT2D eigenvalue weighted by atomic mass is 9.99. The van der Waals surface area contributed by atoms with Crippen LogP contribution in [0.1, 0.15) is 16.1 Å². The van der Waals surface area contributed by atoms with Crippen LogP contribution in [0.15, 0.2) is 41.1 Å². The molecule has 0 spiro atoms. The molecule has 166 valence electrons. The van der Waals surface area contributed by atoms with Crippen LogP contribution in [-0.4, -0.2) is 41.2 Å². The molecule has 0 unspecified atom stereocenters. The number of amides is 3. The van der Waals surface area contributed by atoms with Crippen molar-refractivity contribution in [2.45, 2.75) is 0 Å². The molecule has 32 heavy (non-hydrogen) atoms. The molecule has 10 nitrogen and oxygen atoms in total. The van der Waals surface area contributed by atoms with Gasteiger partial charge in [0.15, 0.2) is 17.3 Å². The van der Waals surface area contributed by atoms with E-state index >= 15 is 0 Å². The maximum atomic E-state index is 12.6. The van der Waals surface area contributed by atoms with Crippen LogP contribution in [0.25, 0.3) is 11.3 Å². The standard InChI is InChI=1S/C20H17ClN4O6S/c1-29-16-12(11(19(32)25-20(22)28)13(21)17(30-2)15(16)26)14-9(5-3-7-23-14)24-18(27)10-6-4-8-31-10/h3-8,26H,1-2H3,(H,24,27)(H3,22,25,28,32). The SMILES string of the molecule is COc1c(O)c(OC)c(-c2ncccc2NC(=O)c2ccco2)c(C(=S)NC(N)=O)c1Cl. The van der Waals surface area contributed by atoms with Crippen LogP contribution < -0.4 is 25.8 Å². The number of pyridine rings is 1. The highest BCUT2D eigenvalue weighted by Crippen LogP contribution is 2.51. The smallest absolute Gasteiger partial charge is 0.317 e. The molecule has 0 aliphatic carbocycles. The molecule has 5 N–H and O–H groups in total. The van der Waals surface area contributed by atoms with Gasteiger partial charge in [0, 0.05) is 11.8 Å². The van der Waals surface area contributed by atoms with Gasteiger partial charge in [0.25, 0.3) is 5.91 Å². The van der Waals surface area contributed by atoms with Gasteiger partial charge in [-0.25, -0.2) is 4.79 Å². The first-order valence-electron chi connectivity index (χ1n) is 8.87. The summed E-state index contributed by atoms with van der Waals surface area (Å²) in [6.07, 6.45) is 2.80. The fraction of sp³-hybridized carbons (Fsp3) is 0.100. The molecule has 3 aromatic rings. The number of rotatable bonds is 6. The van der Waals surface area contributed by atoms with Crippen molar-refractivity contribution in [3.05, 3.63) is 53.1 Å². The second kappa shape index (κ2) is 9.54. The Labute approximate surface area is 192 Å². The third kappa shape index (κ3) is 4.29. The summed E-state index contributed by atoms with van der Waals surface area (Å²) in [5.41, 5.74) is 5.69. The van der Waals surface area contributed by atoms with Crippen LogP contribution in [0.2, 0.25) is 5.02 Å². The van der Waals surface area contributed by atoms with Crippen LogP contribution in [0, 0.1) is 0 Å². The highest BCUT2D eigenvalue weighted by Gasteiger charge is 2.30. The first kappa shape index (κ1) is 22.8. The second-order valence-electron chi connectivity index (χ2n) is 6.13. The number of furan rings is 1. The van der Waals surface area contributed by atoms with Gasteiger partial charge < -0.3 is 30.0 Å². The fourth-order valence-electron chi connectivity index (χ4n) is 2.96. The number of aromatic hydroxyl groups is 1. The van der Waals surface area contributed by atoms with Crippen molar-refractivity contribution in [2.24, 2.45) is 5.73 Å². The van der Waals surface area contributed by atoms with Crippen LogP contribution in [0.5, 0.6) is 17.2 Å². The minimum Gasteiger partial charge on any atom is -0.502 e. The maximum Gasteiger partial charge on any atom is 0.317 e. The maximum absolute atomic E-state index is 12.6. The number of phenols is 1. The minimum atomic E-state index is -0.935. The summed E-state index contributed by atoms with van der Waals surface area (Å²) in [6.45, 7) is 0. The summed E-state index contributed by atoms with van der Waals surface area (Å²) in [5, 5.41) is 15.5. The van der Waals surface area contributed by atoms with Gasteiger partial charge in [-0.05, 0) is 24.3 Å². The number of carbonyl (C=O) groups excluding carboxylic acids is 2. The Bertz CT molecular complexity index is 1200. The minimum absolute atomic E-state index is 0.0409. The van der Waals surface area contributed by atoms with E-state index in [2.05, 4.69) is 15.6 Å². The third-order valence-corrected chi connectivity index (χ3v) is 4.90. The van der Waals surface area contributed by atoms with Gasteiger partial charge >= 0.3 is 6.03 Å². The zero-order chi connectivity index (χ0) is 23.4. The van der Waals surface area contributed by atoms with Gasteiger partial charge in [-0.1, -0.05) is 23.8 Å². The number of benzene rings is 1. The Kier molecular flexibility index (Phi) is 6.81. The van der Waals surface area contributed by atoms with Gasteiger partial charge in [0.2, 0.25) is 5.75 Å². The lowest BCUT2D eigenvalue weighted by Gasteiger charge is -2.21. The highest BCUT2D eigenvalue weighted by molar-refractivity contribution is 7.80. The first-order chi connectivity index (χ1) is 15.3. The molecular weight excluding hydrogens is 460 g/mol. The van der Waals surface area contributed by atoms with Gasteiger partial charge in [-0.3, -0.25) is 15.1 Å². The lowest BCUT2D eigenvalue weighted by Crippen LogP contribution is -2.35. The number of methoxy groups -OCH3 is 2. The highest BCUT2D eigenvalue weighted by atomic mass is 35.5. The number of hydrogen-bond acceptors (Lipinski definition) is 8. The molecular formula is C20H17ClN4O6S. The Morgan fingerprint density at radius 3 is 2.53 bits per heavy atom. The number of anilines is 1. The normalized spacial score (nSPS) is 10.3. The van der Waals surface area contributed by atoms with Crippen molar-refractivity contribution < 1.29 is 28.6 Å². The molecule has 0 bridgehead atoms. The lowest BCUT2D eigenvalue weighted by molar-refractivity contribution is 0.0996. The summed E-state index contributed by atoms with van der Waals surface area (Å²) >= 11 is 11.8. The second-order valence-corrected chi connectivity index (χ2v) is 6.91. The molecule has 2 heterocycles. The van der Waals surface area contributed by atoms with E-state index in [9.17, 15) is 14.7 Å². The number of thiocarbonyl (C=S) groups is 1. The van der Waals surface area contributed by atoms with E-state index in [1.165, 1.54) is 32.7 Å². The van der Waals surface area contributed by atoms with Crippen molar-refractivity contribution in [1.29, 1.82) is 0 Å². The molecule has 0 aliphatic heterocycles. The Balaban J connectivity index is 2.29. The van der Waals surface area contributed by atoms with Crippen molar-refractivity contribution in [3.63, 3.8) is 0 Å². The number of nitrogens with zero attached hydrogens (tertiary/aromatic N) is 1. The number of halogens is 1. The van der Waals surface area contributed by atoms with Gasteiger partial charge in [0.05, 0.1) is 42.5 Å². The van der Waals surface area contributed by atoms with E-state index in [4.69, 9.17) is 43.4 Å². The van der Waals surface area contributed by atoms with Gasteiger partial charge in [-0.15, -0.1) is 0 Å². The number of nitrogens with one attached hydrogen (secondary N) is 2. The van der Waals surface area contributed by atoms with Crippen LogP contribution in [-0.2, 0) is 0 Å². The zero-order valence-corrected chi connectivity index (χ0v) is 18.3. The molecule has 3 rings (SSSR count). The number of primary amides is 1. The number of ether oxygens (including phenoxy) is 2. The molecule has 12 heteroatoms. The van der Waals surface area contributed by atoms with Gasteiger partial charge in [0.1, 0.15) is 4.99 Å². The molecule has 1 aromatic carbocycles. The average Bonchev–Trinajstić information content (AvgIpc) is 3.28. The number of urea groups is 1. The fourth-order valence-corrected chi connectivity index (χ4v) is 3.67. The summed E-state index contributed by atoms with van der Waals surface area (Å²) in [6, 6.07) is 5.26. The Morgan fingerprint density at radius 2 is 1.94 bits per heavy atom.